The molecule has 0 spiro atoms. The quantitative estimate of drug-likeness (QED) is 0.828. The van der Waals surface area contributed by atoms with E-state index in [0.29, 0.717) is 11.3 Å². The lowest BCUT2D eigenvalue weighted by atomic mass is 10.1. The van der Waals surface area contributed by atoms with Gasteiger partial charge in [-0.25, -0.2) is 4.79 Å². The summed E-state index contributed by atoms with van der Waals surface area (Å²) in [5.41, 5.74) is 7.82. The van der Waals surface area contributed by atoms with Gasteiger partial charge >= 0.3 is 5.97 Å². The van der Waals surface area contributed by atoms with Crippen LogP contribution in [0.25, 0.3) is 0 Å². The first kappa shape index (κ1) is 14.6. The van der Waals surface area contributed by atoms with Crippen LogP contribution in [0, 0.1) is 6.92 Å². The van der Waals surface area contributed by atoms with Crippen LogP contribution in [-0.4, -0.2) is 33.8 Å². The first-order valence-electron chi connectivity index (χ1n) is 6.22. The normalized spacial score (nSPS) is 10.4. The van der Waals surface area contributed by atoms with Crippen LogP contribution < -0.4 is 10.6 Å². The number of aryl methyl sites for hydroxylation is 1. The number of nitrogens with two attached hydrogens (primary N) is 1. The molecule has 110 valence electrons. The first-order chi connectivity index (χ1) is 9.82. The van der Waals surface area contributed by atoms with Crippen molar-refractivity contribution in [1.29, 1.82) is 0 Å². The number of hydrogen-bond acceptors (Lipinski definition) is 4. The van der Waals surface area contributed by atoms with E-state index in [1.165, 1.54) is 29.3 Å². The zero-order valence-electron chi connectivity index (χ0n) is 12.0. The molecule has 0 aliphatic rings. The van der Waals surface area contributed by atoms with Crippen LogP contribution >= 0.6 is 0 Å². The van der Waals surface area contributed by atoms with Crippen LogP contribution in [0.3, 0.4) is 0 Å². The van der Waals surface area contributed by atoms with Crippen molar-refractivity contribution in [3.63, 3.8) is 0 Å². The SMILES string of the molecule is Cc1c(C(=O)N(C)c2ccc(C(=O)O)cc2N)cnn1C. The number of aromatic nitrogens is 2. The molecule has 21 heavy (non-hydrogen) atoms. The van der Waals surface area contributed by atoms with E-state index >= 15 is 0 Å². The molecule has 1 amide bonds. The average molecular weight is 288 g/mol. The van der Waals surface area contributed by atoms with Gasteiger partial charge in [-0.05, 0) is 25.1 Å². The molecule has 7 nitrogen and oxygen atoms in total. The Hall–Kier alpha value is -2.83. The fourth-order valence-corrected chi connectivity index (χ4v) is 1.99. The Balaban J connectivity index is 2.36. The van der Waals surface area contributed by atoms with Crippen molar-refractivity contribution >= 4 is 23.3 Å². The Labute approximate surface area is 121 Å². The summed E-state index contributed by atoms with van der Waals surface area (Å²) in [6, 6.07) is 4.26. The average Bonchev–Trinajstić information content (AvgIpc) is 2.77. The summed E-state index contributed by atoms with van der Waals surface area (Å²) < 4.78 is 1.61. The molecular formula is C14H16N4O3. The van der Waals surface area contributed by atoms with Crippen molar-refractivity contribution in [1.82, 2.24) is 9.78 Å². The molecule has 0 saturated carbocycles. The number of anilines is 2. The van der Waals surface area contributed by atoms with Crippen molar-refractivity contribution in [3.8, 4) is 0 Å². The van der Waals surface area contributed by atoms with Gasteiger partial charge in [0.2, 0.25) is 0 Å². The molecular weight excluding hydrogens is 272 g/mol. The van der Waals surface area contributed by atoms with Crippen LogP contribution in [0.5, 0.6) is 0 Å². The van der Waals surface area contributed by atoms with Gasteiger partial charge in [-0.15, -0.1) is 0 Å². The Morgan fingerprint density at radius 1 is 1.38 bits per heavy atom. The van der Waals surface area contributed by atoms with E-state index in [2.05, 4.69) is 5.10 Å². The molecule has 0 fully saturated rings. The predicted molar refractivity (Wildman–Crippen MR) is 78.5 cm³/mol. The minimum Gasteiger partial charge on any atom is -0.478 e. The summed E-state index contributed by atoms with van der Waals surface area (Å²) in [5, 5.41) is 13.0. The molecule has 0 bridgehead atoms. The number of aromatic carboxylic acids is 1. The van der Waals surface area contributed by atoms with Crippen molar-refractivity contribution in [2.24, 2.45) is 7.05 Å². The highest BCUT2D eigenvalue weighted by atomic mass is 16.4. The summed E-state index contributed by atoms with van der Waals surface area (Å²) >= 11 is 0. The number of carbonyl (C=O) groups is 2. The summed E-state index contributed by atoms with van der Waals surface area (Å²) in [6.07, 6.45) is 1.50. The summed E-state index contributed by atoms with van der Waals surface area (Å²) in [5.74, 6) is -1.32. The number of carbonyl (C=O) groups excluding carboxylic acids is 1. The lowest BCUT2D eigenvalue weighted by Gasteiger charge is -2.19. The summed E-state index contributed by atoms with van der Waals surface area (Å²) in [7, 11) is 3.34. The van der Waals surface area contributed by atoms with Crippen LogP contribution in [0.15, 0.2) is 24.4 Å². The van der Waals surface area contributed by atoms with Gasteiger partial charge in [-0.2, -0.15) is 5.10 Å². The molecule has 0 atom stereocenters. The predicted octanol–water partition coefficient (Wildman–Crippen LogP) is 1.29. The number of nitrogens with zero attached hydrogens (tertiary/aromatic N) is 3. The Kier molecular flexibility index (Phi) is 3.66. The van der Waals surface area contributed by atoms with Gasteiger partial charge in [0.05, 0.1) is 28.7 Å². The van der Waals surface area contributed by atoms with Gasteiger partial charge in [0.25, 0.3) is 5.91 Å². The molecule has 0 radical (unpaired) electrons. The second kappa shape index (κ2) is 5.28. The summed E-state index contributed by atoms with van der Waals surface area (Å²) in [4.78, 5) is 24.7. The highest BCUT2D eigenvalue weighted by molar-refractivity contribution is 6.08. The van der Waals surface area contributed by atoms with E-state index in [-0.39, 0.29) is 17.2 Å². The van der Waals surface area contributed by atoms with E-state index in [0.717, 1.165) is 5.69 Å². The molecule has 0 aliphatic carbocycles. The molecule has 1 heterocycles. The van der Waals surface area contributed by atoms with Gasteiger partial charge in [0, 0.05) is 19.8 Å². The largest absolute Gasteiger partial charge is 0.478 e. The molecule has 2 aromatic rings. The van der Waals surface area contributed by atoms with Crippen LogP contribution in [-0.2, 0) is 7.05 Å². The van der Waals surface area contributed by atoms with Gasteiger partial charge in [0.15, 0.2) is 0 Å². The van der Waals surface area contributed by atoms with Crippen molar-refractivity contribution in [2.75, 3.05) is 17.7 Å². The van der Waals surface area contributed by atoms with E-state index < -0.39 is 5.97 Å². The van der Waals surface area contributed by atoms with Crippen LogP contribution in [0.1, 0.15) is 26.4 Å². The van der Waals surface area contributed by atoms with Crippen LogP contribution in [0.2, 0.25) is 0 Å². The second-order valence-corrected chi connectivity index (χ2v) is 4.71. The molecule has 3 N–H and O–H groups in total. The fourth-order valence-electron chi connectivity index (χ4n) is 1.99. The Bertz CT molecular complexity index is 721. The number of hydrogen-bond donors (Lipinski definition) is 2. The zero-order valence-corrected chi connectivity index (χ0v) is 12.0. The maximum absolute atomic E-state index is 12.5. The van der Waals surface area contributed by atoms with E-state index in [4.69, 9.17) is 10.8 Å². The lowest BCUT2D eigenvalue weighted by molar-refractivity contribution is 0.0697. The topological polar surface area (TPSA) is 101 Å². The maximum atomic E-state index is 12.5. The standard InChI is InChI=1S/C14H16N4O3/c1-8-10(7-16-18(8)3)13(19)17(2)12-5-4-9(14(20)21)6-11(12)15/h4-7H,15H2,1-3H3,(H,20,21). The number of amides is 1. The molecule has 1 aromatic heterocycles. The number of carboxylic acids is 1. The van der Waals surface area contributed by atoms with E-state index in [1.54, 1.807) is 25.7 Å². The number of benzene rings is 1. The second-order valence-electron chi connectivity index (χ2n) is 4.71. The minimum absolute atomic E-state index is 0.0784. The van der Waals surface area contributed by atoms with Gasteiger partial charge in [0.1, 0.15) is 0 Å². The Morgan fingerprint density at radius 2 is 2.05 bits per heavy atom. The van der Waals surface area contributed by atoms with E-state index in [1.807, 2.05) is 0 Å². The van der Waals surface area contributed by atoms with Gasteiger partial charge in [-0.1, -0.05) is 0 Å². The van der Waals surface area contributed by atoms with Crippen molar-refractivity contribution in [3.05, 3.63) is 41.2 Å². The molecule has 0 unspecified atom stereocenters. The highest BCUT2D eigenvalue weighted by Gasteiger charge is 2.20. The van der Waals surface area contributed by atoms with Gasteiger partial charge in [-0.3, -0.25) is 9.48 Å². The first-order valence-corrected chi connectivity index (χ1v) is 6.22. The summed E-state index contributed by atoms with van der Waals surface area (Å²) in [6.45, 7) is 1.80. The van der Waals surface area contributed by atoms with Crippen LogP contribution in [0.4, 0.5) is 11.4 Å². The zero-order chi connectivity index (χ0) is 15.7. The van der Waals surface area contributed by atoms with Gasteiger partial charge < -0.3 is 15.7 Å². The highest BCUT2D eigenvalue weighted by Crippen LogP contribution is 2.25. The number of carboxylic acid groups (broad SMARTS) is 1. The number of nitrogen functional groups attached to an aromatic ring is 1. The minimum atomic E-state index is -1.06. The molecule has 1 aromatic carbocycles. The van der Waals surface area contributed by atoms with E-state index in [9.17, 15) is 9.59 Å². The third-order valence-corrected chi connectivity index (χ3v) is 3.41. The molecule has 0 saturated heterocycles. The third-order valence-electron chi connectivity index (χ3n) is 3.41. The maximum Gasteiger partial charge on any atom is 0.335 e. The number of rotatable bonds is 3. The van der Waals surface area contributed by atoms with Crippen molar-refractivity contribution in [2.45, 2.75) is 6.92 Å². The molecule has 0 aliphatic heterocycles. The third kappa shape index (κ3) is 2.58. The molecule has 7 heteroatoms. The van der Waals surface area contributed by atoms with Crippen molar-refractivity contribution < 1.29 is 14.7 Å². The molecule has 2 rings (SSSR count). The fraction of sp³-hybridized carbons (Fsp3) is 0.214. The Morgan fingerprint density at radius 3 is 2.52 bits per heavy atom. The lowest BCUT2D eigenvalue weighted by Crippen LogP contribution is -2.27. The monoisotopic (exact) mass is 288 g/mol. The smallest absolute Gasteiger partial charge is 0.335 e.